The fourth-order valence-electron chi connectivity index (χ4n) is 1.15. The van der Waals surface area contributed by atoms with Crippen molar-refractivity contribution >= 4 is 17.2 Å². The summed E-state index contributed by atoms with van der Waals surface area (Å²) in [6.07, 6.45) is 0.756. The minimum atomic E-state index is 0. The van der Waals surface area contributed by atoms with Crippen molar-refractivity contribution in [2.24, 2.45) is 0 Å². The second-order valence-electron chi connectivity index (χ2n) is 2.55. The van der Waals surface area contributed by atoms with Crippen molar-refractivity contribution in [1.82, 2.24) is 11.1 Å². The maximum Gasteiger partial charge on any atom is 0.168 e. The van der Waals surface area contributed by atoms with Gasteiger partial charge in [0, 0.05) is 5.39 Å². The quantitative estimate of drug-likeness (QED) is 0.674. The second-order valence-corrected chi connectivity index (χ2v) is 2.55. The van der Waals surface area contributed by atoms with Crippen LogP contribution in [0, 0.1) is 0 Å². The predicted molar refractivity (Wildman–Crippen MR) is 52.2 cm³/mol. The van der Waals surface area contributed by atoms with Crippen LogP contribution in [0.2, 0.25) is 0 Å². The van der Waals surface area contributed by atoms with Crippen molar-refractivity contribution in [1.29, 1.82) is 0 Å². The zero-order valence-electron chi connectivity index (χ0n) is 7.10. The largest absolute Gasteiger partial charge is 0.344 e. The summed E-state index contributed by atoms with van der Waals surface area (Å²) >= 11 is 0. The number of carbonyl (C=O) groups excluding carboxylic acids is 1. The molecule has 2 rings (SSSR count). The number of aldehydes is 1. The Kier molecular flexibility index (Phi) is 2.72. The fraction of sp³-hybridized carbons (Fsp3) is 0. The molecule has 0 amide bonds. The summed E-state index contributed by atoms with van der Waals surface area (Å²) in [5.41, 5.74) is 1.34. The molecule has 0 spiro atoms. The van der Waals surface area contributed by atoms with Crippen molar-refractivity contribution in [2.45, 2.75) is 0 Å². The molecule has 2 aromatic rings. The van der Waals surface area contributed by atoms with Crippen LogP contribution in [0.1, 0.15) is 10.5 Å². The summed E-state index contributed by atoms with van der Waals surface area (Å²) in [5, 5.41) is 1.06. The van der Waals surface area contributed by atoms with Gasteiger partial charge in [-0.2, -0.15) is 0 Å². The summed E-state index contributed by atoms with van der Waals surface area (Å²) in [4.78, 5) is 14.5. The van der Waals surface area contributed by atoms with Gasteiger partial charge >= 0.3 is 0 Å². The first kappa shape index (κ1) is 9.35. The molecule has 0 bridgehead atoms. The average molecular weight is 174 g/mol. The molecule has 3 N–H and O–H groups in total. The molecule has 0 radical (unpaired) electrons. The lowest BCUT2D eigenvalue weighted by molar-refractivity contribution is 0.111. The van der Waals surface area contributed by atoms with Crippen molar-refractivity contribution in [2.75, 3.05) is 0 Å². The van der Waals surface area contributed by atoms with Gasteiger partial charge in [-0.05, 0) is 12.1 Å². The number of carbonyl (C=O) groups is 1. The first-order chi connectivity index (χ1) is 5.90. The number of fused-ring (bicyclic) bond motifs is 1. The molecule has 0 aliphatic rings. The van der Waals surface area contributed by atoms with Gasteiger partial charge < -0.3 is 6.15 Å². The van der Waals surface area contributed by atoms with E-state index in [4.69, 9.17) is 0 Å². The van der Waals surface area contributed by atoms with E-state index in [1.165, 1.54) is 0 Å². The van der Waals surface area contributed by atoms with E-state index >= 15 is 0 Å². The van der Waals surface area contributed by atoms with E-state index in [9.17, 15) is 4.79 Å². The van der Waals surface area contributed by atoms with E-state index in [-0.39, 0.29) is 6.15 Å². The first-order valence-corrected chi connectivity index (χ1v) is 3.71. The monoisotopic (exact) mass is 174 g/mol. The molecule has 1 aromatic carbocycles. The Morgan fingerprint density at radius 2 is 1.85 bits per heavy atom. The van der Waals surface area contributed by atoms with Crippen LogP contribution in [0.3, 0.4) is 0 Å². The van der Waals surface area contributed by atoms with Crippen LogP contribution in [-0.4, -0.2) is 11.3 Å². The molecule has 0 aliphatic heterocycles. The lowest BCUT2D eigenvalue weighted by Gasteiger charge is -1.95. The van der Waals surface area contributed by atoms with Crippen LogP contribution in [0.4, 0.5) is 0 Å². The third kappa shape index (κ3) is 1.71. The number of benzene rings is 1. The van der Waals surface area contributed by atoms with Gasteiger partial charge in [-0.15, -0.1) is 0 Å². The molecular formula is C10H10N2O. The van der Waals surface area contributed by atoms with Gasteiger partial charge in [0.15, 0.2) is 6.29 Å². The van der Waals surface area contributed by atoms with E-state index in [2.05, 4.69) is 4.98 Å². The Morgan fingerprint density at radius 3 is 2.62 bits per heavy atom. The normalized spacial score (nSPS) is 9.23. The van der Waals surface area contributed by atoms with Crippen molar-refractivity contribution < 1.29 is 4.79 Å². The summed E-state index contributed by atoms with van der Waals surface area (Å²) in [7, 11) is 0. The number of hydrogen-bond donors (Lipinski definition) is 1. The molecular weight excluding hydrogens is 164 g/mol. The Hall–Kier alpha value is -1.74. The predicted octanol–water partition coefficient (Wildman–Crippen LogP) is 2.21. The highest BCUT2D eigenvalue weighted by Gasteiger charge is 1.94. The minimum Gasteiger partial charge on any atom is -0.344 e. The SMILES string of the molecule is N.O=Cc1ccc2ccccc2n1. The standard InChI is InChI=1S/C10H7NO.H3N/c12-7-9-6-5-8-3-1-2-4-10(8)11-9;/h1-7H;1H3. The van der Waals surface area contributed by atoms with Crippen molar-refractivity contribution in [3.05, 3.63) is 42.1 Å². The molecule has 0 atom stereocenters. The van der Waals surface area contributed by atoms with Crippen LogP contribution in [-0.2, 0) is 0 Å². The molecule has 1 heterocycles. The van der Waals surface area contributed by atoms with Crippen molar-refractivity contribution in [3.8, 4) is 0 Å². The van der Waals surface area contributed by atoms with Gasteiger partial charge in [0.1, 0.15) is 5.69 Å². The number of nitrogens with zero attached hydrogens (tertiary/aromatic N) is 1. The van der Waals surface area contributed by atoms with Crippen molar-refractivity contribution in [3.63, 3.8) is 0 Å². The number of pyridine rings is 1. The van der Waals surface area contributed by atoms with E-state index in [1.807, 2.05) is 30.3 Å². The van der Waals surface area contributed by atoms with E-state index < -0.39 is 0 Å². The van der Waals surface area contributed by atoms with E-state index in [1.54, 1.807) is 6.07 Å². The lowest BCUT2D eigenvalue weighted by atomic mass is 10.2. The summed E-state index contributed by atoms with van der Waals surface area (Å²) in [5.74, 6) is 0. The maximum absolute atomic E-state index is 10.4. The third-order valence-electron chi connectivity index (χ3n) is 1.74. The summed E-state index contributed by atoms with van der Waals surface area (Å²) in [6.45, 7) is 0. The van der Waals surface area contributed by atoms with E-state index in [0.29, 0.717) is 5.69 Å². The van der Waals surface area contributed by atoms with Crippen LogP contribution in [0.15, 0.2) is 36.4 Å². The summed E-state index contributed by atoms with van der Waals surface area (Å²) < 4.78 is 0. The molecule has 3 heteroatoms. The van der Waals surface area contributed by atoms with Crippen LogP contribution >= 0.6 is 0 Å². The molecule has 0 saturated carbocycles. The van der Waals surface area contributed by atoms with Gasteiger partial charge in [0.2, 0.25) is 0 Å². The number of para-hydroxylation sites is 1. The highest BCUT2D eigenvalue weighted by atomic mass is 16.1. The molecule has 66 valence electrons. The van der Waals surface area contributed by atoms with Crippen LogP contribution < -0.4 is 6.15 Å². The average Bonchev–Trinajstić information content (AvgIpc) is 2.17. The summed E-state index contributed by atoms with van der Waals surface area (Å²) in [6, 6.07) is 11.3. The molecule has 3 nitrogen and oxygen atoms in total. The molecule has 0 saturated heterocycles. The van der Waals surface area contributed by atoms with Crippen LogP contribution in [0.5, 0.6) is 0 Å². The topological polar surface area (TPSA) is 65.0 Å². The van der Waals surface area contributed by atoms with E-state index in [0.717, 1.165) is 17.2 Å². The van der Waals surface area contributed by atoms with Gasteiger partial charge in [-0.3, -0.25) is 4.79 Å². The van der Waals surface area contributed by atoms with Gasteiger partial charge in [-0.1, -0.05) is 24.3 Å². The molecule has 0 unspecified atom stereocenters. The van der Waals surface area contributed by atoms with Crippen LogP contribution in [0.25, 0.3) is 10.9 Å². The number of aromatic nitrogens is 1. The number of rotatable bonds is 1. The van der Waals surface area contributed by atoms with Gasteiger partial charge in [-0.25, -0.2) is 4.98 Å². The highest BCUT2D eigenvalue weighted by molar-refractivity contribution is 5.83. The molecule has 13 heavy (non-hydrogen) atoms. The molecule has 0 aliphatic carbocycles. The molecule has 0 fully saturated rings. The first-order valence-electron chi connectivity index (χ1n) is 3.71. The maximum atomic E-state index is 10.4. The lowest BCUT2D eigenvalue weighted by Crippen LogP contribution is -1.85. The highest BCUT2D eigenvalue weighted by Crippen LogP contribution is 2.10. The third-order valence-corrected chi connectivity index (χ3v) is 1.74. The van der Waals surface area contributed by atoms with Gasteiger partial charge in [0.05, 0.1) is 5.52 Å². The Morgan fingerprint density at radius 1 is 1.08 bits per heavy atom. The van der Waals surface area contributed by atoms with Gasteiger partial charge in [0.25, 0.3) is 0 Å². The Labute approximate surface area is 76.0 Å². The number of hydrogen-bond acceptors (Lipinski definition) is 3. The zero-order valence-corrected chi connectivity index (χ0v) is 7.10. The smallest absolute Gasteiger partial charge is 0.168 e. The Balaban J connectivity index is 0.000000845. The molecule has 1 aromatic heterocycles. The second kappa shape index (κ2) is 3.78. The fourth-order valence-corrected chi connectivity index (χ4v) is 1.15. The zero-order chi connectivity index (χ0) is 8.39. The minimum absolute atomic E-state index is 0. The Bertz CT molecular complexity index is 426.